The molecule has 5 heteroatoms. The number of hydrazone groups is 1. The maximum absolute atomic E-state index is 11.7. The van der Waals surface area contributed by atoms with E-state index in [-0.39, 0.29) is 12.5 Å². The van der Waals surface area contributed by atoms with Crippen molar-refractivity contribution in [2.45, 2.75) is 6.92 Å². The van der Waals surface area contributed by atoms with Crippen LogP contribution in [0.15, 0.2) is 59.7 Å². The summed E-state index contributed by atoms with van der Waals surface area (Å²) in [7, 11) is 1.59. The topological polar surface area (TPSA) is 59.9 Å². The van der Waals surface area contributed by atoms with Crippen LogP contribution in [0.3, 0.4) is 0 Å². The van der Waals surface area contributed by atoms with Crippen molar-refractivity contribution in [3.63, 3.8) is 0 Å². The zero-order chi connectivity index (χ0) is 15.8. The molecule has 2 rings (SSSR count). The van der Waals surface area contributed by atoms with Gasteiger partial charge in [0, 0.05) is 0 Å². The second-order valence-corrected chi connectivity index (χ2v) is 4.56. The van der Waals surface area contributed by atoms with Gasteiger partial charge in [0.15, 0.2) is 6.61 Å². The zero-order valence-corrected chi connectivity index (χ0v) is 12.6. The van der Waals surface area contributed by atoms with Crippen molar-refractivity contribution in [1.82, 2.24) is 5.43 Å². The maximum atomic E-state index is 11.7. The van der Waals surface area contributed by atoms with Crippen molar-refractivity contribution in [3.05, 3.63) is 60.2 Å². The van der Waals surface area contributed by atoms with Crippen molar-refractivity contribution in [2.24, 2.45) is 5.10 Å². The van der Waals surface area contributed by atoms with Gasteiger partial charge in [-0.3, -0.25) is 4.79 Å². The lowest BCUT2D eigenvalue weighted by Gasteiger charge is -2.06. The summed E-state index contributed by atoms with van der Waals surface area (Å²) >= 11 is 0. The number of hydrogen-bond acceptors (Lipinski definition) is 4. The van der Waals surface area contributed by atoms with E-state index in [9.17, 15) is 4.79 Å². The summed E-state index contributed by atoms with van der Waals surface area (Å²) in [6.07, 6.45) is 0. The van der Waals surface area contributed by atoms with E-state index in [0.717, 1.165) is 17.0 Å². The predicted molar refractivity (Wildman–Crippen MR) is 85.3 cm³/mol. The van der Waals surface area contributed by atoms with E-state index in [1.54, 1.807) is 31.4 Å². The lowest BCUT2D eigenvalue weighted by atomic mass is 10.1. The Morgan fingerprint density at radius 1 is 1.05 bits per heavy atom. The van der Waals surface area contributed by atoms with Crippen LogP contribution in [0.4, 0.5) is 0 Å². The molecule has 22 heavy (non-hydrogen) atoms. The van der Waals surface area contributed by atoms with Crippen molar-refractivity contribution in [2.75, 3.05) is 13.7 Å². The van der Waals surface area contributed by atoms with Crippen LogP contribution < -0.4 is 14.9 Å². The molecule has 0 fully saturated rings. The van der Waals surface area contributed by atoms with Gasteiger partial charge in [-0.2, -0.15) is 5.10 Å². The van der Waals surface area contributed by atoms with Crippen LogP contribution in [0.2, 0.25) is 0 Å². The Labute approximate surface area is 129 Å². The first-order valence-corrected chi connectivity index (χ1v) is 6.84. The maximum Gasteiger partial charge on any atom is 0.277 e. The SMILES string of the molecule is COc1ccc(OCC(=O)N/N=C(\C)c2ccccc2)cc1. The summed E-state index contributed by atoms with van der Waals surface area (Å²) in [4.78, 5) is 11.7. The largest absolute Gasteiger partial charge is 0.497 e. The summed E-state index contributed by atoms with van der Waals surface area (Å²) < 4.78 is 10.4. The molecule has 0 bridgehead atoms. The zero-order valence-electron chi connectivity index (χ0n) is 12.6. The number of benzene rings is 2. The van der Waals surface area contributed by atoms with Crippen molar-refractivity contribution in [3.8, 4) is 11.5 Å². The van der Waals surface area contributed by atoms with E-state index in [1.807, 2.05) is 37.3 Å². The second-order valence-electron chi connectivity index (χ2n) is 4.56. The molecule has 0 saturated heterocycles. The van der Waals surface area contributed by atoms with Gasteiger partial charge in [0.1, 0.15) is 11.5 Å². The Balaban J connectivity index is 1.82. The van der Waals surface area contributed by atoms with Crippen molar-refractivity contribution in [1.29, 1.82) is 0 Å². The highest BCUT2D eigenvalue weighted by Gasteiger charge is 2.03. The average Bonchev–Trinajstić information content (AvgIpc) is 2.59. The van der Waals surface area contributed by atoms with Crippen LogP contribution in [0.5, 0.6) is 11.5 Å². The smallest absolute Gasteiger partial charge is 0.277 e. The normalized spacial score (nSPS) is 10.9. The van der Waals surface area contributed by atoms with Gasteiger partial charge in [-0.05, 0) is 36.8 Å². The molecule has 1 N–H and O–H groups in total. The molecule has 1 amide bonds. The van der Waals surface area contributed by atoms with Gasteiger partial charge in [0.05, 0.1) is 12.8 Å². The molecule has 0 unspecified atom stereocenters. The Hall–Kier alpha value is -2.82. The Kier molecular flexibility index (Phi) is 5.54. The van der Waals surface area contributed by atoms with Crippen LogP contribution in [-0.2, 0) is 4.79 Å². The number of hydrogen-bond donors (Lipinski definition) is 1. The van der Waals surface area contributed by atoms with E-state index < -0.39 is 0 Å². The number of ether oxygens (including phenoxy) is 2. The Bertz CT molecular complexity index is 637. The van der Waals surface area contributed by atoms with Crippen LogP contribution in [0, 0.1) is 0 Å². The summed E-state index contributed by atoms with van der Waals surface area (Å²) in [5, 5.41) is 4.05. The highest BCUT2D eigenvalue weighted by molar-refractivity contribution is 5.99. The molecular formula is C17H18N2O3. The average molecular weight is 298 g/mol. The van der Waals surface area contributed by atoms with Crippen LogP contribution in [0.1, 0.15) is 12.5 Å². The molecule has 0 heterocycles. The monoisotopic (exact) mass is 298 g/mol. The summed E-state index contributed by atoms with van der Waals surface area (Å²) in [6.45, 7) is 1.73. The second kappa shape index (κ2) is 7.83. The molecular weight excluding hydrogens is 280 g/mol. The fraction of sp³-hybridized carbons (Fsp3) is 0.176. The number of amides is 1. The standard InChI is InChI=1S/C17H18N2O3/c1-13(14-6-4-3-5-7-14)18-19-17(20)12-22-16-10-8-15(21-2)9-11-16/h3-11H,12H2,1-2H3,(H,19,20)/b18-13+. The minimum absolute atomic E-state index is 0.0993. The minimum atomic E-state index is -0.314. The summed E-state index contributed by atoms with van der Waals surface area (Å²) in [6, 6.07) is 16.6. The fourth-order valence-electron chi connectivity index (χ4n) is 1.74. The molecule has 0 spiro atoms. The number of nitrogens with zero attached hydrogens (tertiary/aromatic N) is 1. The Morgan fingerprint density at radius 3 is 2.32 bits per heavy atom. The van der Waals surface area contributed by atoms with Crippen molar-refractivity contribution >= 4 is 11.6 Å². The first-order valence-electron chi connectivity index (χ1n) is 6.84. The number of carbonyl (C=O) groups excluding carboxylic acids is 1. The molecule has 0 aliphatic rings. The number of rotatable bonds is 6. The first-order chi connectivity index (χ1) is 10.7. The molecule has 0 aliphatic carbocycles. The van der Waals surface area contributed by atoms with Crippen LogP contribution in [0.25, 0.3) is 0 Å². The molecule has 0 aromatic heterocycles. The van der Waals surface area contributed by atoms with Gasteiger partial charge in [0.25, 0.3) is 5.91 Å². The Morgan fingerprint density at radius 2 is 1.68 bits per heavy atom. The van der Waals surface area contributed by atoms with Crippen molar-refractivity contribution < 1.29 is 14.3 Å². The molecule has 0 atom stereocenters. The van der Waals surface area contributed by atoms with Gasteiger partial charge in [0.2, 0.25) is 0 Å². The number of methoxy groups -OCH3 is 1. The molecule has 2 aromatic rings. The third-order valence-corrected chi connectivity index (χ3v) is 2.97. The van der Waals surface area contributed by atoms with E-state index in [2.05, 4.69) is 10.5 Å². The first kappa shape index (κ1) is 15.6. The van der Waals surface area contributed by atoms with Gasteiger partial charge in [-0.25, -0.2) is 5.43 Å². The van der Waals surface area contributed by atoms with E-state index in [4.69, 9.17) is 9.47 Å². The molecule has 2 aromatic carbocycles. The quantitative estimate of drug-likeness (QED) is 0.659. The molecule has 0 aliphatic heterocycles. The fourth-order valence-corrected chi connectivity index (χ4v) is 1.74. The third-order valence-electron chi connectivity index (χ3n) is 2.97. The minimum Gasteiger partial charge on any atom is -0.497 e. The molecule has 0 radical (unpaired) electrons. The van der Waals surface area contributed by atoms with Crippen LogP contribution in [-0.4, -0.2) is 25.3 Å². The van der Waals surface area contributed by atoms with Gasteiger partial charge < -0.3 is 9.47 Å². The molecule has 5 nitrogen and oxygen atoms in total. The molecule has 114 valence electrons. The molecule has 0 saturated carbocycles. The van der Waals surface area contributed by atoms with E-state index in [0.29, 0.717) is 5.75 Å². The van der Waals surface area contributed by atoms with Gasteiger partial charge in [-0.1, -0.05) is 30.3 Å². The van der Waals surface area contributed by atoms with E-state index >= 15 is 0 Å². The number of carbonyl (C=O) groups is 1. The van der Waals surface area contributed by atoms with E-state index in [1.165, 1.54) is 0 Å². The predicted octanol–water partition coefficient (Wildman–Crippen LogP) is 2.61. The highest BCUT2D eigenvalue weighted by Crippen LogP contribution is 2.16. The lowest BCUT2D eigenvalue weighted by Crippen LogP contribution is -2.25. The van der Waals surface area contributed by atoms with Crippen LogP contribution >= 0.6 is 0 Å². The summed E-state index contributed by atoms with van der Waals surface area (Å²) in [5.41, 5.74) is 4.16. The highest BCUT2D eigenvalue weighted by atomic mass is 16.5. The van der Waals surface area contributed by atoms with Gasteiger partial charge >= 0.3 is 0 Å². The third kappa shape index (κ3) is 4.63. The summed E-state index contributed by atoms with van der Waals surface area (Å²) in [5.74, 6) is 1.02. The lowest BCUT2D eigenvalue weighted by molar-refractivity contribution is -0.123. The van der Waals surface area contributed by atoms with Gasteiger partial charge in [-0.15, -0.1) is 0 Å². The number of nitrogens with one attached hydrogen (secondary N) is 1.